The van der Waals surface area contributed by atoms with E-state index >= 15 is 0 Å². The van der Waals surface area contributed by atoms with Crippen molar-refractivity contribution < 1.29 is 4.74 Å². The van der Waals surface area contributed by atoms with Crippen LogP contribution in [0.5, 0.6) is 5.88 Å². The minimum Gasteiger partial charge on any atom is -0.478 e. The maximum absolute atomic E-state index is 5.50. The van der Waals surface area contributed by atoms with Crippen molar-refractivity contribution >= 4 is 17.7 Å². The van der Waals surface area contributed by atoms with Gasteiger partial charge in [-0.3, -0.25) is 0 Å². The predicted molar refractivity (Wildman–Crippen MR) is 98.3 cm³/mol. The summed E-state index contributed by atoms with van der Waals surface area (Å²) in [6.07, 6.45) is 5.34. The summed E-state index contributed by atoms with van der Waals surface area (Å²) in [4.78, 5) is 8.99. The Balaban J connectivity index is 1.88. The van der Waals surface area contributed by atoms with Gasteiger partial charge in [-0.25, -0.2) is 9.98 Å². The molecule has 0 radical (unpaired) electrons. The summed E-state index contributed by atoms with van der Waals surface area (Å²) >= 11 is 2.02. The molecule has 1 atom stereocenters. The SMILES string of the molecule is CCCOc1ccc(CN=C(NCC)NC2CCCSC2)cn1. The first-order valence-electron chi connectivity index (χ1n) is 8.52. The summed E-state index contributed by atoms with van der Waals surface area (Å²) in [6.45, 7) is 6.37. The molecule has 1 aromatic heterocycles. The van der Waals surface area contributed by atoms with Crippen molar-refractivity contribution in [2.24, 2.45) is 4.99 Å². The highest BCUT2D eigenvalue weighted by Crippen LogP contribution is 2.16. The largest absolute Gasteiger partial charge is 0.478 e. The topological polar surface area (TPSA) is 58.5 Å². The molecule has 128 valence electrons. The van der Waals surface area contributed by atoms with E-state index in [0.717, 1.165) is 30.2 Å². The molecule has 23 heavy (non-hydrogen) atoms. The lowest BCUT2D eigenvalue weighted by atomic mass is 10.2. The summed E-state index contributed by atoms with van der Waals surface area (Å²) in [5.74, 6) is 4.02. The molecule has 1 aliphatic rings. The molecule has 0 saturated carbocycles. The van der Waals surface area contributed by atoms with Gasteiger partial charge in [0.1, 0.15) is 0 Å². The average Bonchev–Trinajstić information content (AvgIpc) is 2.60. The highest BCUT2D eigenvalue weighted by atomic mass is 32.2. The van der Waals surface area contributed by atoms with Crippen molar-refractivity contribution in [3.05, 3.63) is 23.9 Å². The van der Waals surface area contributed by atoms with E-state index in [1.54, 1.807) is 0 Å². The van der Waals surface area contributed by atoms with Gasteiger partial charge >= 0.3 is 0 Å². The van der Waals surface area contributed by atoms with Crippen molar-refractivity contribution in [3.8, 4) is 5.88 Å². The third kappa shape index (κ3) is 6.69. The second-order valence-corrected chi connectivity index (χ2v) is 6.76. The molecule has 2 N–H and O–H groups in total. The number of ether oxygens (including phenoxy) is 1. The fraction of sp³-hybridized carbons (Fsp3) is 0.647. The molecule has 1 aromatic rings. The van der Waals surface area contributed by atoms with Crippen LogP contribution in [0.15, 0.2) is 23.3 Å². The van der Waals surface area contributed by atoms with Crippen LogP contribution in [0.25, 0.3) is 0 Å². The number of hydrogen-bond acceptors (Lipinski definition) is 4. The average molecular weight is 337 g/mol. The molecule has 0 amide bonds. The van der Waals surface area contributed by atoms with Crippen LogP contribution in [0, 0.1) is 0 Å². The van der Waals surface area contributed by atoms with Crippen LogP contribution >= 0.6 is 11.8 Å². The number of guanidine groups is 1. The van der Waals surface area contributed by atoms with Gasteiger partial charge in [0.25, 0.3) is 0 Å². The molecule has 2 rings (SSSR count). The summed E-state index contributed by atoms with van der Waals surface area (Å²) in [5.41, 5.74) is 1.09. The van der Waals surface area contributed by atoms with Gasteiger partial charge in [-0.2, -0.15) is 11.8 Å². The van der Waals surface area contributed by atoms with Gasteiger partial charge in [-0.1, -0.05) is 13.0 Å². The molecular formula is C17H28N4OS. The van der Waals surface area contributed by atoms with Crippen molar-refractivity contribution in [3.63, 3.8) is 0 Å². The van der Waals surface area contributed by atoms with Crippen LogP contribution in [-0.4, -0.2) is 41.6 Å². The minimum absolute atomic E-state index is 0.523. The summed E-state index contributed by atoms with van der Waals surface area (Å²) in [7, 11) is 0. The van der Waals surface area contributed by atoms with Gasteiger partial charge < -0.3 is 15.4 Å². The van der Waals surface area contributed by atoms with Gasteiger partial charge in [0, 0.05) is 30.6 Å². The maximum Gasteiger partial charge on any atom is 0.213 e. The molecule has 1 unspecified atom stereocenters. The maximum atomic E-state index is 5.50. The number of nitrogens with zero attached hydrogens (tertiary/aromatic N) is 2. The van der Waals surface area contributed by atoms with E-state index in [0.29, 0.717) is 25.1 Å². The smallest absolute Gasteiger partial charge is 0.213 e. The third-order valence-electron chi connectivity index (χ3n) is 3.52. The Morgan fingerprint density at radius 1 is 1.43 bits per heavy atom. The van der Waals surface area contributed by atoms with E-state index < -0.39 is 0 Å². The van der Waals surface area contributed by atoms with Crippen molar-refractivity contribution in [1.29, 1.82) is 0 Å². The second kappa shape index (κ2) is 10.4. The van der Waals surface area contributed by atoms with E-state index in [-0.39, 0.29) is 0 Å². The monoisotopic (exact) mass is 336 g/mol. The van der Waals surface area contributed by atoms with Crippen LogP contribution in [0.1, 0.15) is 38.7 Å². The zero-order chi connectivity index (χ0) is 16.3. The Kier molecular flexibility index (Phi) is 8.07. The predicted octanol–water partition coefficient (Wildman–Crippen LogP) is 2.82. The lowest BCUT2D eigenvalue weighted by Crippen LogP contribution is -2.45. The van der Waals surface area contributed by atoms with E-state index in [1.807, 2.05) is 30.1 Å². The van der Waals surface area contributed by atoms with Gasteiger partial charge in [-0.05, 0) is 37.5 Å². The quantitative estimate of drug-likeness (QED) is 0.592. The fourth-order valence-electron chi connectivity index (χ4n) is 2.33. The van der Waals surface area contributed by atoms with Gasteiger partial charge in [-0.15, -0.1) is 0 Å². The summed E-state index contributed by atoms with van der Waals surface area (Å²) in [6, 6.07) is 4.47. The number of hydrogen-bond donors (Lipinski definition) is 2. The molecule has 1 aliphatic heterocycles. The zero-order valence-electron chi connectivity index (χ0n) is 14.2. The lowest BCUT2D eigenvalue weighted by molar-refractivity contribution is 0.305. The number of thioether (sulfide) groups is 1. The first-order valence-corrected chi connectivity index (χ1v) is 9.67. The van der Waals surface area contributed by atoms with E-state index in [9.17, 15) is 0 Å². The number of pyridine rings is 1. The molecule has 0 spiro atoms. The van der Waals surface area contributed by atoms with Crippen LogP contribution in [0.3, 0.4) is 0 Å². The van der Waals surface area contributed by atoms with E-state index in [2.05, 4.69) is 34.5 Å². The van der Waals surface area contributed by atoms with Crippen LogP contribution in [0.2, 0.25) is 0 Å². The Morgan fingerprint density at radius 3 is 3.00 bits per heavy atom. The number of aliphatic imine (C=N–C) groups is 1. The van der Waals surface area contributed by atoms with Gasteiger partial charge in [0.2, 0.25) is 5.88 Å². The highest BCUT2D eigenvalue weighted by molar-refractivity contribution is 7.99. The van der Waals surface area contributed by atoms with E-state index in [4.69, 9.17) is 4.74 Å². The molecule has 6 heteroatoms. The van der Waals surface area contributed by atoms with Gasteiger partial charge in [0.05, 0.1) is 13.2 Å². The van der Waals surface area contributed by atoms with Crippen LogP contribution in [-0.2, 0) is 6.54 Å². The number of rotatable bonds is 7. The third-order valence-corrected chi connectivity index (χ3v) is 4.73. The second-order valence-electron chi connectivity index (χ2n) is 5.61. The fourth-order valence-corrected chi connectivity index (χ4v) is 3.41. The number of nitrogens with one attached hydrogen (secondary N) is 2. The molecule has 1 saturated heterocycles. The Bertz CT molecular complexity index is 472. The molecule has 0 aliphatic carbocycles. The molecular weight excluding hydrogens is 308 g/mol. The van der Waals surface area contributed by atoms with Crippen molar-refractivity contribution in [1.82, 2.24) is 15.6 Å². The Labute approximate surface area is 143 Å². The summed E-state index contributed by atoms with van der Waals surface area (Å²) < 4.78 is 5.50. The first kappa shape index (κ1) is 17.9. The van der Waals surface area contributed by atoms with Gasteiger partial charge in [0.15, 0.2) is 5.96 Å². The molecule has 5 nitrogen and oxygen atoms in total. The molecule has 0 bridgehead atoms. The van der Waals surface area contributed by atoms with Crippen molar-refractivity contribution in [2.45, 2.75) is 45.7 Å². The van der Waals surface area contributed by atoms with Crippen LogP contribution < -0.4 is 15.4 Å². The first-order chi connectivity index (χ1) is 11.3. The van der Waals surface area contributed by atoms with Crippen LogP contribution in [0.4, 0.5) is 0 Å². The summed E-state index contributed by atoms with van der Waals surface area (Å²) in [5, 5.41) is 6.86. The lowest BCUT2D eigenvalue weighted by Gasteiger charge is -2.24. The zero-order valence-corrected chi connectivity index (χ0v) is 15.0. The highest BCUT2D eigenvalue weighted by Gasteiger charge is 2.14. The minimum atomic E-state index is 0.523. The van der Waals surface area contributed by atoms with Crippen molar-refractivity contribution in [2.75, 3.05) is 24.7 Å². The normalized spacial score (nSPS) is 18.5. The standard InChI is InChI=1S/C17H28N4OS/c1-3-9-22-16-8-7-14(11-19-16)12-20-17(18-4-2)21-15-6-5-10-23-13-15/h7-8,11,15H,3-6,9-10,12-13H2,1-2H3,(H2,18,20,21). The number of aromatic nitrogens is 1. The Morgan fingerprint density at radius 2 is 2.35 bits per heavy atom. The van der Waals surface area contributed by atoms with E-state index in [1.165, 1.54) is 18.6 Å². The Hall–Kier alpha value is -1.43. The molecule has 1 fully saturated rings. The molecule has 0 aromatic carbocycles. The molecule has 2 heterocycles.